The molecule has 1 nitrogen and oxygen atoms in total. The summed E-state index contributed by atoms with van der Waals surface area (Å²) in [6.07, 6.45) is 1.95. The minimum absolute atomic E-state index is 0.942. The predicted octanol–water partition coefficient (Wildman–Crippen LogP) is 5.66. The first-order valence-corrected chi connectivity index (χ1v) is 9.08. The van der Waals surface area contributed by atoms with Gasteiger partial charge < -0.3 is 0 Å². The zero-order valence-corrected chi connectivity index (χ0v) is 14.1. The lowest BCUT2D eigenvalue weighted by Crippen LogP contribution is -2.21. The Morgan fingerprint density at radius 2 is 1.45 bits per heavy atom. The predicted molar refractivity (Wildman–Crippen MR) is 98.1 cm³/mol. The number of rotatable bonds is 7. The molecular formula is C19H19NS2. The normalized spacial score (nSPS) is 11.0. The van der Waals surface area contributed by atoms with Crippen LogP contribution in [0, 0.1) is 0 Å². The van der Waals surface area contributed by atoms with E-state index in [2.05, 4.69) is 70.8 Å². The van der Waals surface area contributed by atoms with Gasteiger partial charge in [-0.05, 0) is 34.0 Å². The third kappa shape index (κ3) is 3.95. The molecule has 0 N–H and O–H groups in total. The van der Waals surface area contributed by atoms with E-state index < -0.39 is 0 Å². The number of nitrogens with zero attached hydrogens (tertiary/aromatic N) is 1. The maximum Gasteiger partial charge on any atom is 0.0335 e. The molecule has 0 spiro atoms. The second-order valence-corrected chi connectivity index (χ2v) is 7.27. The lowest BCUT2D eigenvalue weighted by Gasteiger charge is -2.22. The summed E-state index contributed by atoms with van der Waals surface area (Å²) in [6, 6.07) is 17.2. The quantitative estimate of drug-likeness (QED) is 0.542. The molecule has 0 saturated carbocycles. The van der Waals surface area contributed by atoms with Crippen molar-refractivity contribution >= 4 is 28.7 Å². The third-order valence-corrected chi connectivity index (χ3v) is 5.31. The standard InChI is InChI=1S/C19H19NS2/c1-2-16-7-3-4-8-17(16)13-20(14-18-9-5-11-21-18)15-19-10-6-12-22-19/h2-12H,1,13-15H2. The minimum Gasteiger partial charge on any atom is -0.289 e. The Balaban J connectivity index is 1.79. The lowest BCUT2D eigenvalue weighted by atomic mass is 10.1. The highest BCUT2D eigenvalue weighted by molar-refractivity contribution is 7.10. The van der Waals surface area contributed by atoms with E-state index in [1.54, 1.807) is 0 Å². The van der Waals surface area contributed by atoms with Crippen molar-refractivity contribution in [2.75, 3.05) is 0 Å². The van der Waals surface area contributed by atoms with Gasteiger partial charge in [0, 0.05) is 29.4 Å². The summed E-state index contributed by atoms with van der Waals surface area (Å²) in [7, 11) is 0. The van der Waals surface area contributed by atoms with E-state index in [9.17, 15) is 0 Å². The molecule has 0 aliphatic carbocycles. The van der Waals surface area contributed by atoms with Gasteiger partial charge in [-0.1, -0.05) is 49.1 Å². The highest BCUT2D eigenvalue weighted by Gasteiger charge is 2.11. The van der Waals surface area contributed by atoms with Gasteiger partial charge in [-0.3, -0.25) is 4.90 Å². The second-order valence-electron chi connectivity index (χ2n) is 5.21. The fourth-order valence-electron chi connectivity index (χ4n) is 2.53. The van der Waals surface area contributed by atoms with E-state index in [0.717, 1.165) is 19.6 Å². The molecule has 22 heavy (non-hydrogen) atoms. The molecule has 3 aromatic rings. The molecule has 112 valence electrons. The van der Waals surface area contributed by atoms with Crippen molar-refractivity contribution in [1.82, 2.24) is 4.90 Å². The van der Waals surface area contributed by atoms with Crippen molar-refractivity contribution in [3.05, 3.63) is 86.8 Å². The molecule has 1 aromatic carbocycles. The smallest absolute Gasteiger partial charge is 0.0335 e. The Morgan fingerprint density at radius 3 is 2.00 bits per heavy atom. The molecule has 0 bridgehead atoms. The van der Waals surface area contributed by atoms with Crippen LogP contribution < -0.4 is 0 Å². The third-order valence-electron chi connectivity index (χ3n) is 3.59. The summed E-state index contributed by atoms with van der Waals surface area (Å²) >= 11 is 3.65. The van der Waals surface area contributed by atoms with Crippen LogP contribution in [0.1, 0.15) is 20.9 Å². The number of hydrogen-bond donors (Lipinski definition) is 0. The summed E-state index contributed by atoms with van der Waals surface area (Å²) in [5.74, 6) is 0. The van der Waals surface area contributed by atoms with Gasteiger partial charge in [0.05, 0.1) is 0 Å². The number of thiophene rings is 2. The van der Waals surface area contributed by atoms with Crippen LogP contribution in [0.15, 0.2) is 65.9 Å². The Kier molecular flexibility index (Phi) is 5.22. The van der Waals surface area contributed by atoms with Gasteiger partial charge in [0.2, 0.25) is 0 Å². The van der Waals surface area contributed by atoms with Gasteiger partial charge in [0.25, 0.3) is 0 Å². The summed E-state index contributed by atoms with van der Waals surface area (Å²) in [6.45, 7) is 6.85. The van der Waals surface area contributed by atoms with Gasteiger partial charge in [-0.25, -0.2) is 0 Å². The summed E-state index contributed by atoms with van der Waals surface area (Å²) in [5, 5.41) is 4.30. The van der Waals surface area contributed by atoms with Crippen LogP contribution in [-0.4, -0.2) is 4.90 Å². The maximum absolute atomic E-state index is 3.94. The summed E-state index contributed by atoms with van der Waals surface area (Å²) < 4.78 is 0. The minimum atomic E-state index is 0.942. The molecule has 2 heterocycles. The topological polar surface area (TPSA) is 3.24 Å². The molecule has 0 unspecified atom stereocenters. The van der Waals surface area contributed by atoms with Gasteiger partial charge in [0.15, 0.2) is 0 Å². The van der Waals surface area contributed by atoms with Crippen molar-refractivity contribution in [1.29, 1.82) is 0 Å². The Morgan fingerprint density at radius 1 is 0.818 bits per heavy atom. The molecule has 0 aliphatic rings. The maximum atomic E-state index is 3.94. The zero-order chi connectivity index (χ0) is 15.2. The van der Waals surface area contributed by atoms with E-state index >= 15 is 0 Å². The van der Waals surface area contributed by atoms with Crippen LogP contribution in [0.4, 0.5) is 0 Å². The highest BCUT2D eigenvalue weighted by Crippen LogP contribution is 2.21. The second kappa shape index (κ2) is 7.54. The van der Waals surface area contributed by atoms with Crippen LogP contribution >= 0.6 is 22.7 Å². The molecule has 0 aliphatic heterocycles. The first-order chi connectivity index (χ1) is 10.8. The van der Waals surface area contributed by atoms with E-state index in [1.807, 2.05) is 28.7 Å². The fraction of sp³-hybridized carbons (Fsp3) is 0.158. The summed E-state index contributed by atoms with van der Waals surface area (Å²) in [4.78, 5) is 5.32. The van der Waals surface area contributed by atoms with Crippen LogP contribution in [0.2, 0.25) is 0 Å². The van der Waals surface area contributed by atoms with E-state index in [-0.39, 0.29) is 0 Å². The average molecular weight is 326 g/mol. The Bertz CT molecular complexity index is 663. The van der Waals surface area contributed by atoms with Gasteiger partial charge >= 0.3 is 0 Å². The van der Waals surface area contributed by atoms with Crippen molar-refractivity contribution in [3.63, 3.8) is 0 Å². The first-order valence-electron chi connectivity index (χ1n) is 7.32. The molecular weight excluding hydrogens is 306 g/mol. The van der Waals surface area contributed by atoms with Crippen molar-refractivity contribution in [2.24, 2.45) is 0 Å². The van der Waals surface area contributed by atoms with E-state index in [4.69, 9.17) is 0 Å². The first kappa shape index (κ1) is 15.2. The van der Waals surface area contributed by atoms with Crippen LogP contribution in [0.3, 0.4) is 0 Å². The van der Waals surface area contributed by atoms with Crippen molar-refractivity contribution in [3.8, 4) is 0 Å². The molecule has 0 atom stereocenters. The van der Waals surface area contributed by atoms with Crippen LogP contribution in [0.5, 0.6) is 0 Å². The van der Waals surface area contributed by atoms with Crippen molar-refractivity contribution < 1.29 is 0 Å². The zero-order valence-electron chi connectivity index (χ0n) is 12.4. The SMILES string of the molecule is C=Cc1ccccc1CN(Cc1cccs1)Cc1cccs1. The van der Waals surface area contributed by atoms with Gasteiger partial charge in [0.1, 0.15) is 0 Å². The van der Waals surface area contributed by atoms with Crippen LogP contribution in [-0.2, 0) is 19.6 Å². The highest BCUT2D eigenvalue weighted by atomic mass is 32.1. The monoisotopic (exact) mass is 325 g/mol. The molecule has 3 rings (SSSR count). The Hall–Kier alpha value is -1.68. The molecule has 0 fully saturated rings. The lowest BCUT2D eigenvalue weighted by molar-refractivity contribution is 0.252. The molecule has 3 heteroatoms. The fourth-order valence-corrected chi connectivity index (χ4v) is 4.02. The largest absolute Gasteiger partial charge is 0.289 e. The van der Waals surface area contributed by atoms with Gasteiger partial charge in [-0.2, -0.15) is 0 Å². The molecule has 0 amide bonds. The van der Waals surface area contributed by atoms with E-state index in [1.165, 1.54) is 20.9 Å². The van der Waals surface area contributed by atoms with Crippen LogP contribution in [0.25, 0.3) is 6.08 Å². The van der Waals surface area contributed by atoms with Crippen molar-refractivity contribution in [2.45, 2.75) is 19.6 Å². The molecule has 2 aromatic heterocycles. The van der Waals surface area contributed by atoms with Gasteiger partial charge in [-0.15, -0.1) is 22.7 Å². The Labute approximate surface area is 140 Å². The van der Waals surface area contributed by atoms with E-state index in [0.29, 0.717) is 0 Å². The summed E-state index contributed by atoms with van der Waals surface area (Å²) in [5.41, 5.74) is 2.57. The number of benzene rings is 1. The molecule has 0 radical (unpaired) electrons. The average Bonchev–Trinajstić information content (AvgIpc) is 3.21. The molecule has 0 saturated heterocycles. The number of hydrogen-bond acceptors (Lipinski definition) is 3.